The lowest BCUT2D eigenvalue weighted by molar-refractivity contribution is -0.137. The second kappa shape index (κ2) is 5.50. The van der Waals surface area contributed by atoms with E-state index in [1.165, 1.54) is 19.1 Å². The van der Waals surface area contributed by atoms with Crippen molar-refractivity contribution in [1.82, 2.24) is 4.98 Å². The number of para-hydroxylation sites is 1. The fourth-order valence-electron chi connectivity index (χ4n) is 2.43. The van der Waals surface area contributed by atoms with Gasteiger partial charge in [0, 0.05) is 12.3 Å². The SMILES string of the molecule is CC(=O)c1cc(-c2ccc(C(F)(F)F)cc2)c2ccccc2n1. The molecule has 1 heterocycles. The predicted molar refractivity (Wildman–Crippen MR) is 82.2 cm³/mol. The fraction of sp³-hybridized carbons (Fsp3) is 0.111. The van der Waals surface area contributed by atoms with Crippen LogP contribution in [-0.4, -0.2) is 10.8 Å². The van der Waals surface area contributed by atoms with Gasteiger partial charge < -0.3 is 0 Å². The van der Waals surface area contributed by atoms with Crippen LogP contribution < -0.4 is 0 Å². The first-order valence-electron chi connectivity index (χ1n) is 6.94. The molecule has 0 aliphatic rings. The fourth-order valence-corrected chi connectivity index (χ4v) is 2.43. The molecule has 116 valence electrons. The zero-order valence-corrected chi connectivity index (χ0v) is 12.2. The van der Waals surface area contributed by atoms with Gasteiger partial charge in [0.2, 0.25) is 0 Å². The molecule has 0 fully saturated rings. The molecule has 0 N–H and O–H groups in total. The zero-order valence-electron chi connectivity index (χ0n) is 12.2. The number of nitrogens with zero attached hydrogens (tertiary/aromatic N) is 1. The molecule has 0 saturated heterocycles. The molecule has 2 nitrogen and oxygen atoms in total. The Bertz CT molecular complexity index is 883. The molecule has 0 bridgehead atoms. The van der Waals surface area contributed by atoms with Gasteiger partial charge >= 0.3 is 6.18 Å². The molecule has 5 heteroatoms. The standard InChI is InChI=1S/C18H12F3NO/c1-11(23)17-10-15(14-4-2-3-5-16(14)22-17)12-6-8-13(9-7-12)18(19,20)21/h2-10H,1H3. The third-order valence-electron chi connectivity index (χ3n) is 3.60. The third-order valence-corrected chi connectivity index (χ3v) is 3.60. The number of hydrogen-bond donors (Lipinski definition) is 0. The second-order valence-electron chi connectivity index (χ2n) is 5.20. The van der Waals surface area contributed by atoms with Crippen LogP contribution in [0.3, 0.4) is 0 Å². The van der Waals surface area contributed by atoms with Crippen LogP contribution in [-0.2, 0) is 6.18 Å². The highest BCUT2D eigenvalue weighted by Gasteiger charge is 2.30. The molecule has 3 rings (SSSR count). The normalized spacial score (nSPS) is 11.7. The largest absolute Gasteiger partial charge is 0.416 e. The number of alkyl halides is 3. The summed E-state index contributed by atoms with van der Waals surface area (Å²) < 4.78 is 38.1. The minimum Gasteiger partial charge on any atom is -0.293 e. The Morgan fingerprint density at radius 2 is 1.65 bits per heavy atom. The maximum atomic E-state index is 12.7. The number of halogens is 3. The second-order valence-corrected chi connectivity index (χ2v) is 5.20. The quantitative estimate of drug-likeness (QED) is 0.614. The molecule has 0 amide bonds. The summed E-state index contributed by atoms with van der Waals surface area (Å²) in [5.41, 5.74) is 1.52. The van der Waals surface area contributed by atoms with Crippen LogP contribution in [0.5, 0.6) is 0 Å². The van der Waals surface area contributed by atoms with Gasteiger partial charge in [-0.1, -0.05) is 30.3 Å². The summed E-state index contributed by atoms with van der Waals surface area (Å²) in [7, 11) is 0. The molecule has 3 aromatic rings. The molecule has 0 aliphatic carbocycles. The molecule has 0 atom stereocenters. The van der Waals surface area contributed by atoms with Crippen molar-refractivity contribution in [3.8, 4) is 11.1 Å². The first-order chi connectivity index (χ1) is 10.9. The van der Waals surface area contributed by atoms with Gasteiger partial charge in [0.1, 0.15) is 5.69 Å². The summed E-state index contributed by atoms with van der Waals surface area (Å²) in [5, 5.41) is 0.789. The molecular formula is C18H12F3NO. The van der Waals surface area contributed by atoms with Crippen LogP contribution in [0, 0.1) is 0 Å². The number of pyridine rings is 1. The molecule has 0 saturated carbocycles. The number of benzene rings is 2. The number of Topliss-reactive ketones (excluding diaryl/α,β-unsaturated/α-hetero) is 1. The Morgan fingerprint density at radius 3 is 2.26 bits per heavy atom. The van der Waals surface area contributed by atoms with Crippen LogP contribution >= 0.6 is 0 Å². The minimum atomic E-state index is -4.37. The van der Waals surface area contributed by atoms with E-state index in [4.69, 9.17) is 0 Å². The number of ketones is 1. The Balaban J connectivity index is 2.20. The minimum absolute atomic E-state index is 0.191. The zero-order chi connectivity index (χ0) is 16.6. The summed E-state index contributed by atoms with van der Waals surface area (Å²) in [6.07, 6.45) is -4.37. The Hall–Kier alpha value is -2.69. The molecule has 1 aromatic heterocycles. The molecule has 23 heavy (non-hydrogen) atoms. The maximum absolute atomic E-state index is 12.7. The van der Waals surface area contributed by atoms with Crippen molar-refractivity contribution in [2.45, 2.75) is 13.1 Å². The van der Waals surface area contributed by atoms with Gasteiger partial charge in [0.05, 0.1) is 11.1 Å². The van der Waals surface area contributed by atoms with E-state index in [9.17, 15) is 18.0 Å². The first kappa shape index (κ1) is 15.2. The smallest absolute Gasteiger partial charge is 0.293 e. The van der Waals surface area contributed by atoms with Crippen molar-refractivity contribution in [3.63, 3.8) is 0 Å². The van der Waals surface area contributed by atoms with Crippen molar-refractivity contribution in [1.29, 1.82) is 0 Å². The average molecular weight is 315 g/mol. The summed E-state index contributed by atoms with van der Waals surface area (Å²) in [4.78, 5) is 15.9. The summed E-state index contributed by atoms with van der Waals surface area (Å²) in [6, 6.07) is 13.8. The van der Waals surface area contributed by atoms with E-state index < -0.39 is 11.7 Å². The van der Waals surface area contributed by atoms with Crippen LogP contribution in [0.25, 0.3) is 22.0 Å². The summed E-state index contributed by atoms with van der Waals surface area (Å²) in [6.45, 7) is 1.41. The third kappa shape index (κ3) is 2.95. The van der Waals surface area contributed by atoms with Crippen LogP contribution in [0.1, 0.15) is 23.0 Å². The summed E-state index contributed by atoms with van der Waals surface area (Å²) in [5.74, 6) is -0.191. The lowest BCUT2D eigenvalue weighted by atomic mass is 9.98. The van der Waals surface area contributed by atoms with Gasteiger partial charge in [-0.25, -0.2) is 4.98 Å². The number of rotatable bonds is 2. The first-order valence-corrected chi connectivity index (χ1v) is 6.94. The highest BCUT2D eigenvalue weighted by atomic mass is 19.4. The highest BCUT2D eigenvalue weighted by molar-refractivity contribution is 6.01. The van der Waals surface area contributed by atoms with Gasteiger partial charge in [-0.3, -0.25) is 4.79 Å². The van der Waals surface area contributed by atoms with Crippen molar-refractivity contribution < 1.29 is 18.0 Å². The van der Waals surface area contributed by atoms with Crippen molar-refractivity contribution in [2.75, 3.05) is 0 Å². The average Bonchev–Trinajstić information content (AvgIpc) is 2.53. The Kier molecular flexibility index (Phi) is 3.64. The molecular weight excluding hydrogens is 303 g/mol. The number of fused-ring (bicyclic) bond motifs is 1. The van der Waals surface area contributed by atoms with E-state index in [0.29, 0.717) is 22.3 Å². The molecule has 2 aromatic carbocycles. The Morgan fingerprint density at radius 1 is 1.00 bits per heavy atom. The van der Waals surface area contributed by atoms with Crippen LogP contribution in [0.15, 0.2) is 54.6 Å². The molecule has 0 spiro atoms. The topological polar surface area (TPSA) is 30.0 Å². The van der Waals surface area contributed by atoms with Gasteiger partial charge in [0.25, 0.3) is 0 Å². The lowest BCUT2D eigenvalue weighted by Gasteiger charge is -2.11. The number of carbonyl (C=O) groups excluding carboxylic acids is 1. The molecule has 0 aliphatic heterocycles. The lowest BCUT2D eigenvalue weighted by Crippen LogP contribution is -2.04. The number of aromatic nitrogens is 1. The predicted octanol–water partition coefficient (Wildman–Crippen LogP) is 5.12. The van der Waals surface area contributed by atoms with Gasteiger partial charge in [-0.2, -0.15) is 13.2 Å². The van der Waals surface area contributed by atoms with E-state index in [0.717, 1.165) is 17.5 Å². The number of carbonyl (C=O) groups is 1. The Labute approximate surface area is 130 Å². The van der Waals surface area contributed by atoms with E-state index in [1.54, 1.807) is 18.2 Å². The van der Waals surface area contributed by atoms with E-state index in [1.807, 2.05) is 12.1 Å². The molecule has 0 radical (unpaired) electrons. The highest BCUT2D eigenvalue weighted by Crippen LogP contribution is 2.33. The monoisotopic (exact) mass is 315 g/mol. The van der Waals surface area contributed by atoms with E-state index >= 15 is 0 Å². The van der Waals surface area contributed by atoms with Gasteiger partial charge in [-0.15, -0.1) is 0 Å². The van der Waals surface area contributed by atoms with E-state index in [-0.39, 0.29) is 5.78 Å². The summed E-state index contributed by atoms with van der Waals surface area (Å²) >= 11 is 0. The van der Waals surface area contributed by atoms with Crippen LogP contribution in [0.4, 0.5) is 13.2 Å². The van der Waals surface area contributed by atoms with Crippen LogP contribution in [0.2, 0.25) is 0 Å². The van der Waals surface area contributed by atoms with Gasteiger partial charge in [-0.05, 0) is 35.4 Å². The van der Waals surface area contributed by atoms with Gasteiger partial charge in [0.15, 0.2) is 5.78 Å². The van der Waals surface area contributed by atoms with Crippen molar-refractivity contribution in [3.05, 3.63) is 65.9 Å². The van der Waals surface area contributed by atoms with Crippen molar-refractivity contribution >= 4 is 16.7 Å². The van der Waals surface area contributed by atoms with E-state index in [2.05, 4.69) is 4.98 Å². The maximum Gasteiger partial charge on any atom is 0.416 e. The number of hydrogen-bond acceptors (Lipinski definition) is 2. The van der Waals surface area contributed by atoms with Crippen molar-refractivity contribution in [2.24, 2.45) is 0 Å². The molecule has 0 unspecified atom stereocenters.